The van der Waals surface area contributed by atoms with Gasteiger partial charge in [0.15, 0.2) is 0 Å². The summed E-state index contributed by atoms with van der Waals surface area (Å²) >= 11 is 0. The molecule has 1 aliphatic heterocycles. The van der Waals surface area contributed by atoms with E-state index in [1.54, 1.807) is 6.92 Å². The third kappa shape index (κ3) is 4.81. The molecule has 1 fully saturated rings. The fourth-order valence-corrected chi connectivity index (χ4v) is 2.35. The minimum Gasteiger partial charge on any atom is -0.381 e. The zero-order valence-corrected chi connectivity index (χ0v) is 10.4. The van der Waals surface area contributed by atoms with Gasteiger partial charge in [0.2, 0.25) is 0 Å². The molecular weight excluding hydrogens is 233 g/mol. The number of alkyl halides is 3. The smallest absolute Gasteiger partial charge is 0.381 e. The van der Waals surface area contributed by atoms with Crippen molar-refractivity contribution in [3.8, 4) is 0 Å². The van der Waals surface area contributed by atoms with Gasteiger partial charge in [-0.25, -0.2) is 0 Å². The fraction of sp³-hybridized carbons (Fsp3) is 1.00. The Labute approximate surface area is 100 Å². The Morgan fingerprint density at radius 3 is 2.53 bits per heavy atom. The second-order valence-electron chi connectivity index (χ2n) is 4.75. The van der Waals surface area contributed by atoms with E-state index in [2.05, 4.69) is 5.32 Å². The van der Waals surface area contributed by atoms with Crippen LogP contribution in [0.3, 0.4) is 0 Å². The van der Waals surface area contributed by atoms with Crippen LogP contribution in [0.5, 0.6) is 0 Å². The van der Waals surface area contributed by atoms with Gasteiger partial charge in [-0.15, -0.1) is 0 Å². The van der Waals surface area contributed by atoms with Crippen LogP contribution in [0.25, 0.3) is 0 Å². The first kappa shape index (κ1) is 14.7. The molecule has 1 rings (SSSR count). The maximum Gasteiger partial charge on any atom is 0.401 e. The third-order valence-corrected chi connectivity index (χ3v) is 3.15. The highest BCUT2D eigenvalue weighted by molar-refractivity contribution is 4.88. The monoisotopic (exact) mass is 254 g/mol. The van der Waals surface area contributed by atoms with Gasteiger partial charge < -0.3 is 10.1 Å². The third-order valence-electron chi connectivity index (χ3n) is 3.15. The Morgan fingerprint density at radius 1 is 1.41 bits per heavy atom. The van der Waals surface area contributed by atoms with Crippen LogP contribution in [0.2, 0.25) is 0 Å². The molecule has 1 unspecified atom stereocenters. The summed E-state index contributed by atoms with van der Waals surface area (Å²) in [7, 11) is 1.82. The zero-order chi connectivity index (χ0) is 12.9. The summed E-state index contributed by atoms with van der Waals surface area (Å²) in [6, 6.07) is 0. The van der Waals surface area contributed by atoms with Crippen molar-refractivity contribution in [2.75, 3.05) is 46.4 Å². The molecule has 0 amide bonds. The molecule has 0 saturated carbocycles. The van der Waals surface area contributed by atoms with E-state index >= 15 is 0 Å². The maximum absolute atomic E-state index is 12.4. The maximum atomic E-state index is 12.4. The average molecular weight is 254 g/mol. The molecule has 17 heavy (non-hydrogen) atoms. The Kier molecular flexibility index (Phi) is 5.22. The van der Waals surface area contributed by atoms with Gasteiger partial charge in [0.25, 0.3) is 0 Å². The average Bonchev–Trinajstić information content (AvgIpc) is 2.64. The van der Waals surface area contributed by atoms with E-state index in [0.717, 1.165) is 6.42 Å². The van der Waals surface area contributed by atoms with Crippen LogP contribution in [0.15, 0.2) is 0 Å². The topological polar surface area (TPSA) is 24.5 Å². The molecule has 1 aliphatic rings. The largest absolute Gasteiger partial charge is 0.401 e. The van der Waals surface area contributed by atoms with Crippen molar-refractivity contribution in [1.29, 1.82) is 0 Å². The lowest BCUT2D eigenvalue weighted by atomic mass is 9.86. The van der Waals surface area contributed by atoms with Crippen LogP contribution in [0.4, 0.5) is 13.2 Å². The predicted molar refractivity (Wildman–Crippen MR) is 60.0 cm³/mol. The minimum absolute atomic E-state index is 0.171. The summed E-state index contributed by atoms with van der Waals surface area (Å²) in [5, 5.41) is 3.05. The number of hydrogen-bond acceptors (Lipinski definition) is 3. The lowest BCUT2D eigenvalue weighted by Crippen LogP contribution is -2.46. The van der Waals surface area contributed by atoms with E-state index in [1.807, 2.05) is 7.05 Å². The van der Waals surface area contributed by atoms with Crippen LogP contribution in [-0.4, -0.2) is 57.5 Å². The summed E-state index contributed by atoms with van der Waals surface area (Å²) in [6.07, 6.45) is -3.31. The molecule has 1 N–H and O–H groups in total. The summed E-state index contributed by atoms with van der Waals surface area (Å²) in [5.41, 5.74) is -0.171. The normalized spacial score (nSPS) is 25.8. The zero-order valence-electron chi connectivity index (χ0n) is 10.4. The Hall–Kier alpha value is -0.330. The molecule has 0 aliphatic carbocycles. The summed E-state index contributed by atoms with van der Waals surface area (Å²) in [5.74, 6) is 0. The minimum atomic E-state index is -4.13. The van der Waals surface area contributed by atoms with E-state index in [9.17, 15) is 13.2 Å². The van der Waals surface area contributed by atoms with E-state index in [0.29, 0.717) is 32.8 Å². The molecule has 0 aromatic rings. The molecule has 6 heteroatoms. The molecule has 1 heterocycles. The quantitative estimate of drug-likeness (QED) is 0.777. The van der Waals surface area contributed by atoms with E-state index in [1.165, 1.54) is 4.90 Å². The van der Waals surface area contributed by atoms with Crippen molar-refractivity contribution >= 4 is 0 Å². The Bertz CT molecular complexity index is 227. The predicted octanol–water partition coefficient (Wildman–Crippen LogP) is 1.50. The molecular formula is C11H21F3N2O. The van der Waals surface area contributed by atoms with Crippen LogP contribution in [0, 0.1) is 5.41 Å². The SMILES string of the molecule is CCN(CC(F)(F)F)CC1(CNC)CCOC1. The Balaban J connectivity index is 2.57. The number of rotatable bonds is 6. The second-order valence-corrected chi connectivity index (χ2v) is 4.75. The fourth-order valence-electron chi connectivity index (χ4n) is 2.35. The van der Waals surface area contributed by atoms with Crippen molar-refractivity contribution in [3.63, 3.8) is 0 Å². The summed E-state index contributed by atoms with van der Waals surface area (Å²) < 4.78 is 42.5. The van der Waals surface area contributed by atoms with Crippen molar-refractivity contribution < 1.29 is 17.9 Å². The van der Waals surface area contributed by atoms with Crippen molar-refractivity contribution in [2.24, 2.45) is 5.41 Å². The number of nitrogens with zero attached hydrogens (tertiary/aromatic N) is 1. The molecule has 1 atom stereocenters. The van der Waals surface area contributed by atoms with Crippen molar-refractivity contribution in [3.05, 3.63) is 0 Å². The van der Waals surface area contributed by atoms with Crippen molar-refractivity contribution in [2.45, 2.75) is 19.5 Å². The highest BCUT2D eigenvalue weighted by Crippen LogP contribution is 2.30. The van der Waals surface area contributed by atoms with Gasteiger partial charge in [0, 0.05) is 25.1 Å². The molecule has 3 nitrogen and oxygen atoms in total. The molecule has 0 radical (unpaired) electrons. The highest BCUT2D eigenvalue weighted by atomic mass is 19.4. The number of ether oxygens (including phenoxy) is 1. The molecule has 102 valence electrons. The molecule has 1 saturated heterocycles. The number of halogens is 3. The van der Waals surface area contributed by atoms with Gasteiger partial charge in [-0.05, 0) is 20.0 Å². The van der Waals surface area contributed by atoms with E-state index in [-0.39, 0.29) is 5.41 Å². The summed E-state index contributed by atoms with van der Waals surface area (Å²) in [4.78, 5) is 1.45. The first-order chi connectivity index (χ1) is 7.91. The van der Waals surface area contributed by atoms with Gasteiger partial charge in [0.1, 0.15) is 0 Å². The molecule has 0 aromatic carbocycles. The lowest BCUT2D eigenvalue weighted by molar-refractivity contribution is -0.148. The van der Waals surface area contributed by atoms with Gasteiger partial charge in [-0.3, -0.25) is 4.90 Å². The van der Waals surface area contributed by atoms with Gasteiger partial charge in [0.05, 0.1) is 13.2 Å². The lowest BCUT2D eigenvalue weighted by Gasteiger charge is -2.34. The van der Waals surface area contributed by atoms with E-state index < -0.39 is 12.7 Å². The first-order valence-electron chi connectivity index (χ1n) is 5.92. The van der Waals surface area contributed by atoms with Gasteiger partial charge in [-0.2, -0.15) is 13.2 Å². The van der Waals surface area contributed by atoms with Crippen LogP contribution in [0.1, 0.15) is 13.3 Å². The molecule has 0 bridgehead atoms. The molecule has 0 spiro atoms. The number of nitrogens with one attached hydrogen (secondary N) is 1. The standard InChI is InChI=1S/C11H21F3N2O/c1-3-16(8-11(12,13)14)7-10(6-15-2)4-5-17-9-10/h15H,3-9H2,1-2H3. The molecule has 0 aromatic heterocycles. The number of hydrogen-bond donors (Lipinski definition) is 1. The van der Waals surface area contributed by atoms with Crippen molar-refractivity contribution in [1.82, 2.24) is 10.2 Å². The van der Waals surface area contributed by atoms with Crippen LogP contribution < -0.4 is 5.32 Å². The Morgan fingerprint density at radius 2 is 2.12 bits per heavy atom. The summed E-state index contributed by atoms with van der Waals surface area (Å²) in [6.45, 7) is 3.65. The van der Waals surface area contributed by atoms with E-state index in [4.69, 9.17) is 4.74 Å². The highest BCUT2D eigenvalue weighted by Gasteiger charge is 2.38. The van der Waals surface area contributed by atoms with Gasteiger partial charge >= 0.3 is 6.18 Å². The van der Waals surface area contributed by atoms with Crippen LogP contribution in [-0.2, 0) is 4.74 Å². The van der Waals surface area contributed by atoms with Gasteiger partial charge in [-0.1, -0.05) is 6.92 Å². The van der Waals surface area contributed by atoms with Crippen LogP contribution >= 0.6 is 0 Å². The second kappa shape index (κ2) is 6.02. The first-order valence-corrected chi connectivity index (χ1v) is 5.92.